The van der Waals surface area contributed by atoms with Crippen molar-refractivity contribution >= 4 is 45.4 Å². The van der Waals surface area contributed by atoms with Gasteiger partial charge in [-0.1, -0.05) is 0 Å². The quantitative estimate of drug-likeness (QED) is 0.219. The van der Waals surface area contributed by atoms with E-state index in [4.69, 9.17) is 14.7 Å². The number of halogens is 1. The molecule has 12 heteroatoms. The fourth-order valence-electron chi connectivity index (χ4n) is 4.01. The van der Waals surface area contributed by atoms with Gasteiger partial charge >= 0.3 is 0 Å². The van der Waals surface area contributed by atoms with Crippen LogP contribution in [0.3, 0.4) is 0 Å². The molecule has 0 bridgehead atoms. The van der Waals surface area contributed by atoms with E-state index in [0.29, 0.717) is 31.6 Å². The monoisotopic (exact) mass is 555 g/mol. The third-order valence-electron chi connectivity index (χ3n) is 6.20. The van der Waals surface area contributed by atoms with Crippen molar-refractivity contribution in [3.8, 4) is 5.75 Å². The van der Waals surface area contributed by atoms with Gasteiger partial charge in [-0.2, -0.15) is 0 Å². The molecular weight excluding hydrogens is 522 g/mol. The van der Waals surface area contributed by atoms with Crippen molar-refractivity contribution in [2.45, 2.75) is 41.7 Å². The van der Waals surface area contributed by atoms with Crippen molar-refractivity contribution in [3.05, 3.63) is 48.5 Å². The minimum atomic E-state index is -4.08. The molecule has 3 rings (SSSR count). The molecule has 0 spiro atoms. The third kappa shape index (κ3) is 7.35. The maximum Gasteiger partial charge on any atom is 0.265 e. The van der Waals surface area contributed by atoms with Gasteiger partial charge in [0.05, 0.1) is 11.5 Å². The highest BCUT2D eigenvalue weighted by Crippen LogP contribution is 2.35. The summed E-state index contributed by atoms with van der Waals surface area (Å²) in [4.78, 5) is 26.4. The maximum absolute atomic E-state index is 13.3. The summed E-state index contributed by atoms with van der Waals surface area (Å²) in [6.07, 6.45) is 1.54. The molecule has 1 aliphatic heterocycles. The molecule has 10 nitrogen and oxygen atoms in total. The molecule has 37 heavy (non-hydrogen) atoms. The molecular formula is C25H34ClN3O7S. The summed E-state index contributed by atoms with van der Waals surface area (Å²) in [7, 11) is -0.174. The largest absolute Gasteiger partial charge is 0.494 e. The van der Waals surface area contributed by atoms with Gasteiger partial charge in [0.25, 0.3) is 5.91 Å². The van der Waals surface area contributed by atoms with Gasteiger partial charge < -0.3 is 19.7 Å². The highest BCUT2D eigenvalue weighted by Gasteiger charge is 2.52. The molecule has 0 aromatic heterocycles. The van der Waals surface area contributed by atoms with E-state index in [1.54, 1.807) is 0 Å². The summed E-state index contributed by atoms with van der Waals surface area (Å²) in [6.45, 7) is 0.578. The van der Waals surface area contributed by atoms with Crippen molar-refractivity contribution in [2.75, 3.05) is 44.1 Å². The van der Waals surface area contributed by atoms with Gasteiger partial charge in [0.15, 0.2) is 14.6 Å². The second kappa shape index (κ2) is 13.6. The first-order valence-electron chi connectivity index (χ1n) is 11.8. The highest BCUT2D eigenvalue weighted by molar-refractivity contribution is 7.93. The van der Waals surface area contributed by atoms with Crippen molar-refractivity contribution in [1.82, 2.24) is 5.48 Å². The first-order chi connectivity index (χ1) is 17.2. The zero-order chi connectivity index (χ0) is 26.2. The van der Waals surface area contributed by atoms with Crippen molar-refractivity contribution in [3.63, 3.8) is 0 Å². The van der Waals surface area contributed by atoms with Gasteiger partial charge in [-0.15, -0.1) is 12.4 Å². The highest BCUT2D eigenvalue weighted by atomic mass is 35.5. The molecule has 1 saturated heterocycles. The predicted octanol–water partition coefficient (Wildman–Crippen LogP) is 3.19. The van der Waals surface area contributed by atoms with Crippen LogP contribution in [-0.4, -0.2) is 64.1 Å². The van der Waals surface area contributed by atoms with Crippen molar-refractivity contribution < 1.29 is 32.7 Å². The molecule has 1 aliphatic rings. The molecule has 2 amide bonds. The standard InChI is InChI=1S/C25H33N3O7S.ClH/c1-28(2)20-8-6-19(7-9-20)26-23(29)5-3-4-16-35-21-10-12-22(13-11-21)36(32,33)25(24(30)27-31)14-17-34-18-15-25;/h6-13,31H,3-5,14-18H2,1-2H3,(H,26,29)(H,27,30);1H. The van der Waals surface area contributed by atoms with Crippen LogP contribution in [0.4, 0.5) is 11.4 Å². The van der Waals surface area contributed by atoms with Crippen LogP contribution >= 0.6 is 12.4 Å². The van der Waals surface area contributed by atoms with Crippen LogP contribution in [0, 0.1) is 0 Å². The molecule has 0 unspecified atom stereocenters. The predicted molar refractivity (Wildman–Crippen MR) is 142 cm³/mol. The second-order valence-electron chi connectivity index (χ2n) is 8.82. The topological polar surface area (TPSA) is 134 Å². The number of carbonyl (C=O) groups excluding carboxylic acids is 2. The molecule has 1 heterocycles. The Bertz CT molecular complexity index is 1130. The number of anilines is 2. The molecule has 1 fully saturated rings. The number of hydrogen-bond acceptors (Lipinski definition) is 8. The Balaban J connectivity index is 0.00000481. The van der Waals surface area contributed by atoms with E-state index in [2.05, 4.69) is 5.32 Å². The number of sulfone groups is 1. The molecule has 0 atom stereocenters. The van der Waals surface area contributed by atoms with Crippen LogP contribution < -0.4 is 20.4 Å². The summed E-state index contributed by atoms with van der Waals surface area (Å²) in [5, 5.41) is 12.0. The Labute approximate surface area is 223 Å². The number of carbonyl (C=O) groups is 2. The number of amides is 2. The summed E-state index contributed by atoms with van der Waals surface area (Å²) in [5.74, 6) is -0.552. The fraction of sp³-hybridized carbons (Fsp3) is 0.440. The second-order valence-corrected chi connectivity index (χ2v) is 11.1. The average Bonchev–Trinajstić information content (AvgIpc) is 2.89. The zero-order valence-electron chi connectivity index (χ0n) is 20.9. The van der Waals surface area contributed by atoms with Crippen molar-refractivity contribution in [1.29, 1.82) is 0 Å². The molecule has 0 aliphatic carbocycles. The lowest BCUT2D eigenvalue weighted by molar-refractivity contribution is -0.134. The lowest BCUT2D eigenvalue weighted by Crippen LogP contribution is -2.54. The molecule has 0 saturated carbocycles. The lowest BCUT2D eigenvalue weighted by atomic mass is 9.98. The van der Waals surface area contributed by atoms with Gasteiger partial charge in [-0.05, 0) is 74.2 Å². The number of benzene rings is 2. The molecule has 2 aromatic rings. The van der Waals surface area contributed by atoms with E-state index in [1.165, 1.54) is 29.7 Å². The average molecular weight is 556 g/mol. The first-order valence-corrected chi connectivity index (χ1v) is 13.2. The van der Waals surface area contributed by atoms with E-state index in [1.807, 2.05) is 43.3 Å². The van der Waals surface area contributed by atoms with Crippen LogP contribution in [0.15, 0.2) is 53.4 Å². The summed E-state index contributed by atoms with van der Waals surface area (Å²) >= 11 is 0. The fourth-order valence-corrected chi connectivity index (χ4v) is 5.94. The van der Waals surface area contributed by atoms with Crippen LogP contribution in [-0.2, 0) is 24.2 Å². The normalized spacial score (nSPS) is 14.7. The van der Waals surface area contributed by atoms with Crippen LogP contribution in [0.25, 0.3) is 0 Å². The number of hydroxylamine groups is 1. The molecule has 204 valence electrons. The van der Waals surface area contributed by atoms with Gasteiger partial charge in [-0.25, -0.2) is 13.9 Å². The summed E-state index contributed by atoms with van der Waals surface area (Å²) in [6, 6.07) is 13.4. The Morgan fingerprint density at radius 3 is 2.22 bits per heavy atom. The molecule has 0 radical (unpaired) electrons. The van der Waals surface area contributed by atoms with E-state index in [-0.39, 0.29) is 49.3 Å². The van der Waals surface area contributed by atoms with E-state index in [0.717, 1.165) is 11.4 Å². The number of hydrogen-bond donors (Lipinski definition) is 3. The minimum Gasteiger partial charge on any atom is -0.494 e. The molecule has 3 N–H and O–H groups in total. The molecule has 2 aromatic carbocycles. The first kappa shape index (κ1) is 30.4. The Morgan fingerprint density at radius 2 is 1.65 bits per heavy atom. The number of ether oxygens (including phenoxy) is 2. The maximum atomic E-state index is 13.3. The van der Waals surface area contributed by atoms with E-state index < -0.39 is 20.5 Å². The van der Waals surface area contributed by atoms with Crippen LogP contribution in [0.5, 0.6) is 5.75 Å². The van der Waals surface area contributed by atoms with Crippen molar-refractivity contribution in [2.24, 2.45) is 0 Å². The van der Waals surface area contributed by atoms with E-state index in [9.17, 15) is 18.0 Å². The third-order valence-corrected chi connectivity index (χ3v) is 8.71. The lowest BCUT2D eigenvalue weighted by Gasteiger charge is -2.34. The van der Waals surface area contributed by atoms with Gasteiger partial charge in [0.2, 0.25) is 5.91 Å². The van der Waals surface area contributed by atoms with Crippen LogP contribution in [0.1, 0.15) is 32.1 Å². The number of rotatable bonds is 11. The SMILES string of the molecule is CN(C)c1ccc(NC(=O)CCCCOc2ccc(S(=O)(=O)C3(C(=O)NO)CCOCC3)cc2)cc1.Cl. The van der Waals surface area contributed by atoms with Gasteiger partial charge in [0.1, 0.15) is 5.75 Å². The number of unbranched alkanes of at least 4 members (excludes halogenated alkanes) is 1. The van der Waals surface area contributed by atoms with Gasteiger partial charge in [-0.3, -0.25) is 14.8 Å². The minimum absolute atomic E-state index is 0. The Kier molecular flexibility index (Phi) is 11.2. The Hall–Kier alpha value is -2.86. The van der Waals surface area contributed by atoms with Crippen LogP contribution in [0.2, 0.25) is 0 Å². The number of nitrogens with zero attached hydrogens (tertiary/aromatic N) is 1. The summed E-state index contributed by atoms with van der Waals surface area (Å²) < 4.78 is 35.6. The smallest absolute Gasteiger partial charge is 0.265 e. The van der Waals surface area contributed by atoms with Gasteiger partial charge in [0, 0.05) is 45.1 Å². The zero-order valence-corrected chi connectivity index (χ0v) is 22.6. The summed E-state index contributed by atoms with van der Waals surface area (Å²) in [5.41, 5.74) is 3.30. The number of nitrogens with one attached hydrogen (secondary N) is 2. The Morgan fingerprint density at radius 1 is 1.03 bits per heavy atom. The van der Waals surface area contributed by atoms with E-state index >= 15 is 0 Å².